The van der Waals surface area contributed by atoms with Crippen LogP contribution >= 0.6 is 11.3 Å². The van der Waals surface area contributed by atoms with Gasteiger partial charge in [-0.05, 0) is 60.5 Å². The second-order valence-corrected chi connectivity index (χ2v) is 9.27. The molecule has 5 nitrogen and oxygen atoms in total. The molecular formula is C26H14F7N3O2S. The molecule has 0 radical (unpaired) electrons. The molecule has 0 aliphatic rings. The van der Waals surface area contributed by atoms with Crippen LogP contribution in [0.1, 0.15) is 10.6 Å². The van der Waals surface area contributed by atoms with Crippen molar-refractivity contribution in [1.82, 2.24) is 15.0 Å². The van der Waals surface area contributed by atoms with Gasteiger partial charge in [-0.15, -0.1) is 24.5 Å². The van der Waals surface area contributed by atoms with Crippen LogP contribution in [0.5, 0.6) is 11.5 Å². The van der Waals surface area contributed by atoms with Crippen LogP contribution in [0.15, 0.2) is 67.0 Å². The molecule has 0 fully saturated rings. The molecule has 0 aliphatic heterocycles. The number of hydrogen-bond donors (Lipinski definition) is 0. The molecule has 0 spiro atoms. The standard InChI is InChI=1S/C26H14F7N3O2S/c1-13-11-34-23(35-12-13)15-2-6-20-22(9-15)39-24(36-20)25(29,30)37-16-4-5-17(18(27)10-16)14-3-7-21(19(28)8-14)38-26(31,32)33/h2-12H,1H3. The number of hydrogen-bond acceptors (Lipinski definition) is 6. The minimum Gasteiger partial charge on any atom is -0.427 e. The lowest BCUT2D eigenvalue weighted by molar-refractivity contribution is -0.275. The Morgan fingerprint density at radius 2 is 1.49 bits per heavy atom. The first-order valence-corrected chi connectivity index (χ1v) is 11.8. The Morgan fingerprint density at radius 1 is 0.769 bits per heavy atom. The summed E-state index contributed by atoms with van der Waals surface area (Å²) in [6, 6.07) is 9.82. The lowest BCUT2D eigenvalue weighted by Crippen LogP contribution is -2.21. The third kappa shape index (κ3) is 5.77. The largest absolute Gasteiger partial charge is 0.573 e. The molecule has 0 unspecified atom stereocenters. The van der Waals surface area contributed by atoms with Gasteiger partial charge in [0.25, 0.3) is 0 Å². The van der Waals surface area contributed by atoms with Crippen LogP contribution in [0.2, 0.25) is 0 Å². The summed E-state index contributed by atoms with van der Waals surface area (Å²) in [5.74, 6) is -3.69. The Morgan fingerprint density at radius 3 is 2.15 bits per heavy atom. The van der Waals surface area contributed by atoms with Gasteiger partial charge in [0.1, 0.15) is 11.6 Å². The zero-order valence-corrected chi connectivity index (χ0v) is 20.4. The summed E-state index contributed by atoms with van der Waals surface area (Å²) >= 11 is 0.677. The molecule has 0 aliphatic carbocycles. The van der Waals surface area contributed by atoms with Crippen molar-refractivity contribution in [1.29, 1.82) is 0 Å². The van der Waals surface area contributed by atoms with Crippen molar-refractivity contribution in [2.75, 3.05) is 0 Å². The zero-order chi connectivity index (χ0) is 27.9. The molecule has 0 amide bonds. The highest BCUT2D eigenvalue weighted by molar-refractivity contribution is 7.18. The summed E-state index contributed by atoms with van der Waals surface area (Å²) in [5.41, 5.74) is 1.36. The lowest BCUT2D eigenvalue weighted by Gasteiger charge is -2.16. The van der Waals surface area contributed by atoms with E-state index in [1.165, 1.54) is 0 Å². The molecule has 2 heterocycles. The highest BCUT2D eigenvalue weighted by Gasteiger charge is 2.39. The highest BCUT2D eigenvalue weighted by atomic mass is 32.1. The first kappa shape index (κ1) is 26.4. The number of thiazole rings is 1. The fourth-order valence-corrected chi connectivity index (χ4v) is 4.51. The van der Waals surface area contributed by atoms with Gasteiger partial charge in [-0.25, -0.2) is 23.7 Å². The van der Waals surface area contributed by atoms with Crippen molar-refractivity contribution < 1.29 is 40.2 Å². The smallest absolute Gasteiger partial charge is 0.427 e. The second-order valence-electron chi connectivity index (χ2n) is 8.24. The summed E-state index contributed by atoms with van der Waals surface area (Å²) in [4.78, 5) is 12.4. The van der Waals surface area contributed by atoms with E-state index in [0.717, 1.165) is 23.8 Å². The molecule has 39 heavy (non-hydrogen) atoms. The van der Waals surface area contributed by atoms with Crippen molar-refractivity contribution in [3.63, 3.8) is 0 Å². The Kier molecular flexibility index (Phi) is 6.62. The molecule has 5 rings (SSSR count). The average Bonchev–Trinajstić information content (AvgIpc) is 3.30. The van der Waals surface area contributed by atoms with E-state index in [1.54, 1.807) is 30.6 Å². The summed E-state index contributed by atoms with van der Waals surface area (Å²) in [6.07, 6.45) is -5.78. The second kappa shape index (κ2) is 9.80. The van der Waals surface area contributed by atoms with E-state index in [1.807, 2.05) is 6.92 Å². The van der Waals surface area contributed by atoms with Gasteiger partial charge in [0.15, 0.2) is 17.4 Å². The van der Waals surface area contributed by atoms with E-state index in [0.29, 0.717) is 45.6 Å². The fourth-order valence-electron chi connectivity index (χ4n) is 3.59. The third-order valence-corrected chi connectivity index (χ3v) is 6.40. The van der Waals surface area contributed by atoms with Crippen LogP contribution in [-0.2, 0) is 6.11 Å². The molecule has 0 N–H and O–H groups in total. The highest BCUT2D eigenvalue weighted by Crippen LogP contribution is 2.39. The van der Waals surface area contributed by atoms with Gasteiger partial charge in [0.2, 0.25) is 5.01 Å². The molecule has 0 saturated carbocycles. The van der Waals surface area contributed by atoms with Crippen molar-refractivity contribution in [2.24, 2.45) is 0 Å². The van der Waals surface area contributed by atoms with Crippen LogP contribution in [-0.4, -0.2) is 21.3 Å². The lowest BCUT2D eigenvalue weighted by atomic mass is 10.0. The zero-order valence-electron chi connectivity index (χ0n) is 19.6. The monoisotopic (exact) mass is 565 g/mol. The van der Waals surface area contributed by atoms with Gasteiger partial charge in [0, 0.05) is 29.6 Å². The number of alkyl halides is 5. The molecule has 5 aromatic rings. The van der Waals surface area contributed by atoms with E-state index < -0.39 is 40.6 Å². The Balaban J connectivity index is 1.37. The van der Waals surface area contributed by atoms with Crippen LogP contribution in [0.4, 0.5) is 30.7 Å². The number of ether oxygens (including phenoxy) is 2. The van der Waals surface area contributed by atoms with Crippen molar-refractivity contribution in [3.8, 4) is 34.0 Å². The van der Waals surface area contributed by atoms with Gasteiger partial charge in [-0.2, -0.15) is 8.78 Å². The van der Waals surface area contributed by atoms with Gasteiger partial charge >= 0.3 is 12.5 Å². The van der Waals surface area contributed by atoms with Gasteiger partial charge in [-0.1, -0.05) is 6.07 Å². The SMILES string of the molecule is Cc1cnc(-c2ccc3nc(C(F)(F)Oc4ccc(-c5ccc(OC(F)(F)F)c(F)c5)c(F)c4)sc3c2)nc1. The maximum atomic E-state index is 15.0. The Bertz CT molecular complexity index is 1670. The van der Waals surface area contributed by atoms with E-state index in [4.69, 9.17) is 4.74 Å². The first-order chi connectivity index (χ1) is 18.4. The molecule has 13 heteroatoms. The minimum absolute atomic E-state index is 0.141. The van der Waals surface area contributed by atoms with Gasteiger partial charge < -0.3 is 9.47 Å². The normalized spacial score (nSPS) is 12.1. The summed E-state index contributed by atoms with van der Waals surface area (Å²) < 4.78 is 104. The number of rotatable bonds is 6. The molecule has 0 saturated heterocycles. The Labute approximate surface area is 219 Å². The quantitative estimate of drug-likeness (QED) is 0.195. The fraction of sp³-hybridized carbons (Fsp3) is 0.115. The molecule has 2 aromatic heterocycles. The minimum atomic E-state index is -5.11. The summed E-state index contributed by atoms with van der Waals surface area (Å²) in [5, 5.41) is -0.675. The number of aryl methyl sites for hydroxylation is 1. The topological polar surface area (TPSA) is 57.1 Å². The first-order valence-electron chi connectivity index (χ1n) is 11.0. The molecule has 0 bridgehead atoms. The maximum absolute atomic E-state index is 15.0. The number of fused-ring (bicyclic) bond motifs is 1. The van der Waals surface area contributed by atoms with E-state index in [2.05, 4.69) is 19.7 Å². The molecular weight excluding hydrogens is 551 g/mol. The van der Waals surface area contributed by atoms with Crippen LogP contribution in [0.25, 0.3) is 32.7 Å². The summed E-state index contributed by atoms with van der Waals surface area (Å²) in [7, 11) is 0. The number of halogens is 7. The third-order valence-electron chi connectivity index (χ3n) is 5.33. The van der Waals surface area contributed by atoms with Crippen LogP contribution < -0.4 is 9.47 Å². The predicted octanol–water partition coefficient (Wildman–Crippen LogP) is 8.03. The van der Waals surface area contributed by atoms with E-state index >= 15 is 0 Å². The van der Waals surface area contributed by atoms with E-state index in [-0.39, 0.29) is 16.6 Å². The Hall–Kier alpha value is -4.26. The van der Waals surface area contributed by atoms with Crippen LogP contribution in [0, 0.1) is 18.6 Å². The predicted molar refractivity (Wildman–Crippen MR) is 128 cm³/mol. The van der Waals surface area contributed by atoms with Crippen molar-refractivity contribution >= 4 is 21.6 Å². The summed E-state index contributed by atoms with van der Waals surface area (Å²) in [6.45, 7) is 1.83. The van der Waals surface area contributed by atoms with Crippen molar-refractivity contribution in [2.45, 2.75) is 19.4 Å². The molecule has 3 aromatic carbocycles. The number of aromatic nitrogens is 3. The maximum Gasteiger partial charge on any atom is 0.573 e. The number of benzene rings is 3. The van der Waals surface area contributed by atoms with Gasteiger partial charge in [-0.3, -0.25) is 0 Å². The van der Waals surface area contributed by atoms with Gasteiger partial charge in [0.05, 0.1) is 10.2 Å². The van der Waals surface area contributed by atoms with E-state index in [9.17, 15) is 30.7 Å². The average molecular weight is 565 g/mol. The van der Waals surface area contributed by atoms with Crippen molar-refractivity contribution in [3.05, 3.63) is 89.2 Å². The molecule has 200 valence electrons. The van der Waals surface area contributed by atoms with Crippen LogP contribution in [0.3, 0.4) is 0 Å². The molecule has 0 atom stereocenters. The number of nitrogens with zero attached hydrogens (tertiary/aromatic N) is 3.